The van der Waals surface area contributed by atoms with Gasteiger partial charge in [-0.3, -0.25) is 19.3 Å². The molecule has 188 valence electrons. The van der Waals surface area contributed by atoms with Gasteiger partial charge in [0.15, 0.2) is 10.9 Å². The van der Waals surface area contributed by atoms with Crippen molar-refractivity contribution in [1.29, 1.82) is 0 Å². The molecule has 0 aliphatic carbocycles. The molecule has 0 bridgehead atoms. The second kappa shape index (κ2) is 13.3. The first kappa shape index (κ1) is 31.4. The number of amides is 2. The van der Waals surface area contributed by atoms with Crippen LogP contribution >= 0.6 is 23.5 Å². The number of nitrogens with zero attached hydrogens (tertiary/aromatic N) is 5. The first-order valence-electron chi connectivity index (χ1n) is 9.88. The molecule has 1 fully saturated rings. The quantitative estimate of drug-likeness (QED) is 0.109. The van der Waals surface area contributed by atoms with E-state index >= 15 is 0 Å². The third kappa shape index (κ3) is 6.62. The number of rotatable bonds is 8. The number of carboxylic acids is 1. The Kier molecular flexibility index (Phi) is 11.3. The molecule has 2 aromatic rings. The van der Waals surface area contributed by atoms with Crippen LogP contribution in [0.2, 0.25) is 0 Å². The van der Waals surface area contributed by atoms with Gasteiger partial charge < -0.3 is 24.8 Å². The summed E-state index contributed by atoms with van der Waals surface area (Å²) in [6, 6.07) is 3.07. The van der Waals surface area contributed by atoms with Gasteiger partial charge in [-0.2, -0.15) is 4.98 Å². The van der Waals surface area contributed by atoms with Crippen molar-refractivity contribution in [3.05, 3.63) is 45.8 Å². The van der Waals surface area contributed by atoms with E-state index in [0.717, 1.165) is 16.4 Å². The molecule has 2 aliphatic heterocycles. The van der Waals surface area contributed by atoms with E-state index in [1.165, 1.54) is 43.1 Å². The van der Waals surface area contributed by atoms with E-state index in [2.05, 4.69) is 20.6 Å². The van der Waals surface area contributed by atoms with Crippen LogP contribution in [0.4, 0.5) is 0 Å². The number of aryl methyl sites for hydroxylation is 1. The number of aromatic hydroxyl groups is 1. The Balaban J connectivity index is 0.00000241. The van der Waals surface area contributed by atoms with E-state index < -0.39 is 34.1 Å². The van der Waals surface area contributed by atoms with E-state index in [1.54, 1.807) is 6.07 Å². The molecule has 1 unspecified atom stereocenters. The maximum atomic E-state index is 13.1. The standard InChI is InChI=1S/C19H18N6O8S2.2Na.2H/c1-24-19(21-15(28)16(29)22-24)34-7-8-13(18(30)31)25-10(26)6-11(25)35-17(8)20-14(27)12(23-32-2)9-4-3-5-33-9;;;;/h3-5,11,17H,6-7H2,1-2H3,(H,20,27)(H,22,29)(H,30,31);;;;/b23-12-;;;;/t11-,17?;;;;/m1..../s1. The first-order chi connectivity index (χ1) is 16.7. The van der Waals surface area contributed by atoms with Gasteiger partial charge in [-0.1, -0.05) is 16.9 Å². The Morgan fingerprint density at radius 3 is 2.70 bits per heavy atom. The normalized spacial score (nSPS) is 18.7. The molecular formula is C19H20N6Na2O8S2. The average Bonchev–Trinajstić information content (AvgIpc) is 3.33. The van der Waals surface area contributed by atoms with Gasteiger partial charge in [-0.15, -0.1) is 16.9 Å². The summed E-state index contributed by atoms with van der Waals surface area (Å²) in [6.07, 6.45) is 1.47. The van der Waals surface area contributed by atoms with Gasteiger partial charge in [0.25, 0.3) is 11.8 Å². The van der Waals surface area contributed by atoms with Crippen LogP contribution in [0.15, 0.2) is 49.2 Å². The second-order valence-electron chi connectivity index (χ2n) is 7.13. The maximum absolute atomic E-state index is 13.1. The van der Waals surface area contributed by atoms with E-state index in [4.69, 9.17) is 9.25 Å². The van der Waals surface area contributed by atoms with E-state index in [0.29, 0.717) is 0 Å². The van der Waals surface area contributed by atoms with Crippen molar-refractivity contribution in [2.75, 3.05) is 12.9 Å². The molecule has 3 N–H and O–H groups in total. The summed E-state index contributed by atoms with van der Waals surface area (Å²) >= 11 is 2.14. The number of aromatic nitrogens is 3. The molecule has 2 amide bonds. The Labute approximate surface area is 261 Å². The van der Waals surface area contributed by atoms with Crippen molar-refractivity contribution in [3.63, 3.8) is 0 Å². The molecule has 4 rings (SSSR count). The first-order valence-corrected chi connectivity index (χ1v) is 11.8. The second-order valence-corrected chi connectivity index (χ2v) is 9.36. The van der Waals surface area contributed by atoms with E-state index in [9.17, 15) is 29.4 Å². The summed E-state index contributed by atoms with van der Waals surface area (Å²) in [4.78, 5) is 58.8. The number of β-lactam (4-membered cyclic amide) rings is 1. The molecule has 37 heavy (non-hydrogen) atoms. The molecule has 0 radical (unpaired) electrons. The van der Waals surface area contributed by atoms with Crippen molar-refractivity contribution in [1.82, 2.24) is 25.0 Å². The number of furan rings is 1. The van der Waals surface area contributed by atoms with Crippen molar-refractivity contribution in [2.45, 2.75) is 22.3 Å². The number of fused-ring (bicyclic) bond motifs is 1. The topological polar surface area (TPSA) is 189 Å². The minimum absolute atomic E-state index is 0. The zero-order valence-electron chi connectivity index (χ0n) is 18.2. The molecule has 18 heteroatoms. The van der Waals surface area contributed by atoms with Crippen LogP contribution in [0.25, 0.3) is 0 Å². The third-order valence-electron chi connectivity index (χ3n) is 4.94. The van der Waals surface area contributed by atoms with Crippen LogP contribution in [0, 0.1) is 0 Å². The number of nitrogens with one attached hydrogen (secondary N) is 1. The van der Waals surface area contributed by atoms with Crippen molar-refractivity contribution >= 4 is 106 Å². The molecule has 0 saturated carbocycles. The van der Waals surface area contributed by atoms with Gasteiger partial charge in [0.1, 0.15) is 18.2 Å². The van der Waals surface area contributed by atoms with Crippen molar-refractivity contribution < 1.29 is 33.9 Å². The summed E-state index contributed by atoms with van der Waals surface area (Å²) in [5, 5.41) is 28.2. The number of aliphatic carboxylic acids is 1. The fourth-order valence-corrected chi connectivity index (χ4v) is 5.88. The summed E-state index contributed by atoms with van der Waals surface area (Å²) in [5.74, 6) is -3.11. The molecule has 2 aliphatic rings. The molecule has 2 atom stereocenters. The predicted octanol–water partition coefficient (Wildman–Crippen LogP) is -1.59. The number of hydrogen-bond acceptors (Lipinski definition) is 12. The fraction of sp³-hybridized carbons (Fsp3) is 0.316. The van der Waals surface area contributed by atoms with Crippen LogP contribution in [0.5, 0.6) is 5.88 Å². The van der Waals surface area contributed by atoms with Crippen LogP contribution in [0.3, 0.4) is 0 Å². The summed E-state index contributed by atoms with van der Waals surface area (Å²) in [6.45, 7) is 0. The average molecular weight is 571 g/mol. The van der Waals surface area contributed by atoms with Gasteiger partial charge >= 0.3 is 70.6 Å². The van der Waals surface area contributed by atoms with Gasteiger partial charge in [-0.25, -0.2) is 9.48 Å². The number of carbonyl (C=O) groups excluding carboxylic acids is 2. The van der Waals surface area contributed by atoms with Crippen molar-refractivity contribution in [3.8, 4) is 5.88 Å². The van der Waals surface area contributed by atoms with Gasteiger partial charge in [0, 0.05) is 18.4 Å². The molecule has 14 nitrogen and oxygen atoms in total. The number of oxime groups is 1. The van der Waals surface area contributed by atoms with Gasteiger partial charge in [-0.05, 0) is 12.1 Å². The number of carboxylic acid groups (broad SMARTS) is 1. The van der Waals surface area contributed by atoms with Gasteiger partial charge in [0.2, 0.25) is 11.6 Å². The Morgan fingerprint density at radius 2 is 2.11 bits per heavy atom. The van der Waals surface area contributed by atoms with Crippen LogP contribution in [-0.2, 0) is 26.3 Å². The SMILES string of the molecule is CO/N=C(\C(=O)NC1S[C@@H]2CC(=O)N2C(C(=O)O)=C1CSc1nc(=O)c(O)nn1C)c1ccco1.[NaH].[NaH]. The van der Waals surface area contributed by atoms with E-state index in [-0.39, 0.29) is 105 Å². The summed E-state index contributed by atoms with van der Waals surface area (Å²) in [5.41, 5.74) is -1.18. The fourth-order valence-electron chi connectivity index (χ4n) is 3.38. The molecule has 0 aromatic carbocycles. The van der Waals surface area contributed by atoms with Crippen LogP contribution in [-0.4, -0.2) is 136 Å². The van der Waals surface area contributed by atoms with Crippen molar-refractivity contribution in [2.24, 2.45) is 12.2 Å². The summed E-state index contributed by atoms with van der Waals surface area (Å²) in [7, 11) is 2.71. The Hall–Kier alpha value is -1.79. The summed E-state index contributed by atoms with van der Waals surface area (Å²) < 4.78 is 6.39. The number of hydrogen-bond donors (Lipinski definition) is 3. The molecular weight excluding hydrogens is 550 g/mol. The molecule has 0 spiro atoms. The zero-order valence-corrected chi connectivity index (χ0v) is 19.8. The monoisotopic (exact) mass is 570 g/mol. The zero-order chi connectivity index (χ0) is 25.3. The third-order valence-corrected chi connectivity index (χ3v) is 7.38. The van der Waals surface area contributed by atoms with E-state index in [1.807, 2.05) is 0 Å². The molecule has 4 heterocycles. The predicted molar refractivity (Wildman–Crippen MR) is 136 cm³/mol. The number of thioether (sulfide) groups is 2. The minimum atomic E-state index is -1.35. The molecule has 1 saturated heterocycles. The van der Waals surface area contributed by atoms with Crippen LogP contribution < -0.4 is 10.9 Å². The van der Waals surface area contributed by atoms with Gasteiger partial charge in [0.05, 0.1) is 18.1 Å². The number of carbonyl (C=O) groups is 3. The Morgan fingerprint density at radius 1 is 1.38 bits per heavy atom. The Bertz CT molecular complexity index is 1320. The van der Waals surface area contributed by atoms with Crippen LogP contribution in [0.1, 0.15) is 12.2 Å². The molecule has 2 aromatic heterocycles.